The zero-order chi connectivity index (χ0) is 13.3. The Bertz CT molecular complexity index is 477. The summed E-state index contributed by atoms with van der Waals surface area (Å²) in [6, 6.07) is 3.03. The van der Waals surface area contributed by atoms with E-state index in [0.29, 0.717) is 12.2 Å². The van der Waals surface area contributed by atoms with Gasteiger partial charge in [0, 0.05) is 12.6 Å². The predicted molar refractivity (Wildman–Crippen MR) is 65.9 cm³/mol. The Morgan fingerprint density at radius 2 is 2.00 bits per heavy atom. The van der Waals surface area contributed by atoms with Gasteiger partial charge in [0.1, 0.15) is 5.76 Å². The van der Waals surface area contributed by atoms with Gasteiger partial charge in [-0.25, -0.2) is 8.42 Å². The Hall–Kier alpha value is -0.850. The molecule has 1 rings (SSSR count). The standard InChI is InChI=1S/C11H20N2O3S/c1-5-11(2,3)13(4)17(14,15)10-7-6-9(8-12)16-10/h6-7H,5,8,12H2,1-4H3. The van der Waals surface area contributed by atoms with E-state index in [-0.39, 0.29) is 11.6 Å². The number of nitrogens with two attached hydrogens (primary N) is 1. The minimum atomic E-state index is -3.59. The highest BCUT2D eigenvalue weighted by Gasteiger charge is 2.34. The van der Waals surface area contributed by atoms with Gasteiger partial charge >= 0.3 is 0 Å². The van der Waals surface area contributed by atoms with Crippen molar-refractivity contribution >= 4 is 10.0 Å². The van der Waals surface area contributed by atoms with Crippen molar-refractivity contribution in [2.75, 3.05) is 7.05 Å². The van der Waals surface area contributed by atoms with E-state index >= 15 is 0 Å². The predicted octanol–water partition coefficient (Wildman–Crippen LogP) is 1.55. The number of rotatable bonds is 5. The molecule has 0 atom stereocenters. The normalized spacial score (nSPS) is 13.3. The maximum Gasteiger partial charge on any atom is 0.276 e. The monoisotopic (exact) mass is 260 g/mol. The fraction of sp³-hybridized carbons (Fsp3) is 0.636. The molecule has 0 spiro atoms. The Morgan fingerprint density at radius 3 is 2.41 bits per heavy atom. The van der Waals surface area contributed by atoms with Crippen LogP contribution in [0.25, 0.3) is 0 Å². The molecule has 0 unspecified atom stereocenters. The second-order valence-electron chi connectivity index (χ2n) is 4.56. The van der Waals surface area contributed by atoms with E-state index < -0.39 is 15.6 Å². The first-order valence-electron chi connectivity index (χ1n) is 5.53. The quantitative estimate of drug-likeness (QED) is 0.871. The van der Waals surface area contributed by atoms with Crippen molar-refractivity contribution in [3.63, 3.8) is 0 Å². The second-order valence-corrected chi connectivity index (χ2v) is 6.46. The lowest BCUT2D eigenvalue weighted by molar-refractivity contribution is 0.250. The average Bonchev–Trinajstić information content (AvgIpc) is 2.77. The van der Waals surface area contributed by atoms with Crippen LogP contribution >= 0.6 is 0 Å². The average molecular weight is 260 g/mol. The molecule has 0 aromatic carbocycles. The highest BCUT2D eigenvalue weighted by molar-refractivity contribution is 7.89. The largest absolute Gasteiger partial charge is 0.447 e. The van der Waals surface area contributed by atoms with Gasteiger partial charge in [-0.2, -0.15) is 4.31 Å². The fourth-order valence-corrected chi connectivity index (χ4v) is 2.79. The Kier molecular flexibility index (Phi) is 4.01. The second kappa shape index (κ2) is 4.80. The SMILES string of the molecule is CCC(C)(C)N(C)S(=O)(=O)c1ccc(CN)o1. The summed E-state index contributed by atoms with van der Waals surface area (Å²) in [6.07, 6.45) is 0.715. The van der Waals surface area contributed by atoms with Crippen LogP contribution in [0.1, 0.15) is 33.0 Å². The van der Waals surface area contributed by atoms with Crippen LogP contribution in [0.5, 0.6) is 0 Å². The molecular formula is C11H20N2O3S. The van der Waals surface area contributed by atoms with Crippen molar-refractivity contribution in [3.8, 4) is 0 Å². The van der Waals surface area contributed by atoms with Crippen molar-refractivity contribution in [2.24, 2.45) is 5.73 Å². The highest BCUT2D eigenvalue weighted by Crippen LogP contribution is 2.26. The summed E-state index contributed by atoms with van der Waals surface area (Å²) in [5, 5.41) is -0.0537. The lowest BCUT2D eigenvalue weighted by Gasteiger charge is -2.32. The maximum absolute atomic E-state index is 12.3. The summed E-state index contributed by atoms with van der Waals surface area (Å²) in [5.41, 5.74) is 4.94. The summed E-state index contributed by atoms with van der Waals surface area (Å²) >= 11 is 0. The van der Waals surface area contributed by atoms with Gasteiger partial charge in [0.05, 0.1) is 6.54 Å². The molecule has 0 aliphatic heterocycles. The Balaban J connectivity index is 3.11. The minimum Gasteiger partial charge on any atom is -0.447 e. The van der Waals surface area contributed by atoms with E-state index in [9.17, 15) is 8.42 Å². The third kappa shape index (κ3) is 2.70. The van der Waals surface area contributed by atoms with Crippen LogP contribution in [0.2, 0.25) is 0 Å². The molecule has 0 bridgehead atoms. The first-order valence-corrected chi connectivity index (χ1v) is 6.97. The fourth-order valence-electron chi connectivity index (χ4n) is 1.29. The molecule has 17 heavy (non-hydrogen) atoms. The van der Waals surface area contributed by atoms with Gasteiger partial charge in [-0.3, -0.25) is 0 Å². The van der Waals surface area contributed by atoms with E-state index in [0.717, 1.165) is 0 Å². The summed E-state index contributed by atoms with van der Waals surface area (Å²) in [6.45, 7) is 5.88. The maximum atomic E-state index is 12.3. The van der Waals surface area contributed by atoms with Crippen molar-refractivity contribution < 1.29 is 12.8 Å². The van der Waals surface area contributed by atoms with Gasteiger partial charge in [-0.1, -0.05) is 6.92 Å². The number of hydrogen-bond donors (Lipinski definition) is 1. The van der Waals surface area contributed by atoms with Crippen LogP contribution in [-0.4, -0.2) is 25.3 Å². The van der Waals surface area contributed by atoms with Crippen molar-refractivity contribution in [1.29, 1.82) is 0 Å². The molecule has 0 saturated heterocycles. The van der Waals surface area contributed by atoms with Gasteiger partial charge in [0.25, 0.3) is 10.0 Å². The van der Waals surface area contributed by atoms with Crippen LogP contribution in [0, 0.1) is 0 Å². The van der Waals surface area contributed by atoms with E-state index in [1.165, 1.54) is 10.4 Å². The van der Waals surface area contributed by atoms with Gasteiger partial charge in [-0.05, 0) is 32.4 Å². The lowest BCUT2D eigenvalue weighted by atomic mass is 10.0. The Labute approximate surface area is 103 Å². The molecule has 0 aliphatic rings. The minimum absolute atomic E-state index is 0.0537. The van der Waals surface area contributed by atoms with E-state index in [2.05, 4.69) is 0 Å². The summed E-state index contributed by atoms with van der Waals surface area (Å²) in [7, 11) is -2.03. The van der Waals surface area contributed by atoms with E-state index in [1.807, 2.05) is 20.8 Å². The van der Waals surface area contributed by atoms with Crippen LogP contribution in [-0.2, 0) is 16.6 Å². The summed E-state index contributed by atoms with van der Waals surface area (Å²) in [5.74, 6) is 0.464. The van der Waals surface area contributed by atoms with Gasteiger partial charge in [0.2, 0.25) is 5.09 Å². The van der Waals surface area contributed by atoms with Crippen LogP contribution in [0.3, 0.4) is 0 Å². The van der Waals surface area contributed by atoms with Crippen molar-refractivity contribution in [3.05, 3.63) is 17.9 Å². The van der Waals surface area contributed by atoms with Crippen LogP contribution in [0.4, 0.5) is 0 Å². The molecule has 1 aromatic rings. The molecule has 98 valence electrons. The zero-order valence-corrected chi connectivity index (χ0v) is 11.5. The molecule has 6 heteroatoms. The van der Waals surface area contributed by atoms with Crippen molar-refractivity contribution in [1.82, 2.24) is 4.31 Å². The first kappa shape index (κ1) is 14.2. The summed E-state index contributed by atoms with van der Waals surface area (Å²) in [4.78, 5) is 0. The zero-order valence-electron chi connectivity index (χ0n) is 10.7. The topological polar surface area (TPSA) is 76.5 Å². The molecule has 1 heterocycles. The number of hydrogen-bond acceptors (Lipinski definition) is 4. The smallest absolute Gasteiger partial charge is 0.276 e. The first-order chi connectivity index (χ1) is 7.75. The molecule has 5 nitrogen and oxygen atoms in total. The molecule has 0 aliphatic carbocycles. The number of furan rings is 1. The van der Waals surface area contributed by atoms with Crippen molar-refractivity contribution in [2.45, 2.75) is 44.4 Å². The lowest BCUT2D eigenvalue weighted by Crippen LogP contribution is -2.44. The molecule has 0 radical (unpaired) electrons. The third-order valence-corrected chi connectivity index (χ3v) is 5.11. The van der Waals surface area contributed by atoms with Gasteiger partial charge in [0.15, 0.2) is 0 Å². The molecule has 0 fully saturated rings. The van der Waals surface area contributed by atoms with E-state index in [1.54, 1.807) is 13.1 Å². The van der Waals surface area contributed by atoms with Crippen LogP contribution in [0.15, 0.2) is 21.6 Å². The third-order valence-electron chi connectivity index (χ3n) is 3.17. The number of sulfonamides is 1. The highest BCUT2D eigenvalue weighted by atomic mass is 32.2. The molecule has 0 amide bonds. The molecular weight excluding hydrogens is 240 g/mol. The Morgan fingerprint density at radius 1 is 1.41 bits per heavy atom. The number of nitrogens with zero attached hydrogens (tertiary/aromatic N) is 1. The molecule has 2 N–H and O–H groups in total. The van der Waals surface area contributed by atoms with E-state index in [4.69, 9.17) is 10.2 Å². The van der Waals surface area contributed by atoms with Crippen LogP contribution < -0.4 is 5.73 Å². The molecule has 0 saturated carbocycles. The van der Waals surface area contributed by atoms with Gasteiger partial charge < -0.3 is 10.2 Å². The van der Waals surface area contributed by atoms with Gasteiger partial charge in [-0.15, -0.1) is 0 Å². The summed E-state index contributed by atoms with van der Waals surface area (Å²) < 4.78 is 31.1. The molecule has 1 aromatic heterocycles.